The Balaban J connectivity index is 1.89. The van der Waals surface area contributed by atoms with Crippen LogP contribution in [0.3, 0.4) is 0 Å². The Bertz CT molecular complexity index is 340. The molecule has 2 unspecified atom stereocenters. The van der Waals surface area contributed by atoms with Crippen molar-refractivity contribution in [3.05, 3.63) is 18.0 Å². The molecule has 1 heterocycles. The van der Waals surface area contributed by atoms with Crippen molar-refractivity contribution in [3.8, 4) is 0 Å². The van der Waals surface area contributed by atoms with E-state index in [0.717, 1.165) is 12.8 Å². The average molecular weight is 236 g/mol. The van der Waals surface area contributed by atoms with Gasteiger partial charge in [-0.15, -0.1) is 0 Å². The number of aromatic nitrogens is 2. The molecule has 0 amide bonds. The molecule has 2 atom stereocenters. The SMILES string of the molecule is CC(O)CC(C)Cc1ccn(C2CCCC2)n1. The summed E-state index contributed by atoms with van der Waals surface area (Å²) in [5.41, 5.74) is 1.17. The molecule has 1 aromatic rings. The molecule has 3 heteroatoms. The number of rotatable bonds is 5. The molecule has 1 fully saturated rings. The third-order valence-electron chi connectivity index (χ3n) is 3.66. The van der Waals surface area contributed by atoms with E-state index in [-0.39, 0.29) is 6.10 Å². The lowest BCUT2D eigenvalue weighted by atomic mass is 9.99. The summed E-state index contributed by atoms with van der Waals surface area (Å²) in [7, 11) is 0. The van der Waals surface area contributed by atoms with E-state index >= 15 is 0 Å². The molecule has 1 N–H and O–H groups in total. The highest BCUT2D eigenvalue weighted by molar-refractivity contribution is 5.01. The highest BCUT2D eigenvalue weighted by Gasteiger charge is 2.18. The maximum absolute atomic E-state index is 9.35. The summed E-state index contributed by atoms with van der Waals surface area (Å²) in [6, 6.07) is 2.77. The first-order valence-corrected chi connectivity index (χ1v) is 6.87. The van der Waals surface area contributed by atoms with E-state index in [2.05, 4.69) is 29.0 Å². The van der Waals surface area contributed by atoms with Gasteiger partial charge in [-0.25, -0.2) is 0 Å². The molecule has 1 aliphatic carbocycles. The van der Waals surface area contributed by atoms with Crippen molar-refractivity contribution in [1.29, 1.82) is 0 Å². The highest BCUT2D eigenvalue weighted by Crippen LogP contribution is 2.28. The van der Waals surface area contributed by atoms with Gasteiger partial charge in [0.25, 0.3) is 0 Å². The van der Waals surface area contributed by atoms with Crippen LogP contribution < -0.4 is 0 Å². The zero-order valence-corrected chi connectivity index (χ0v) is 11.0. The molecule has 0 spiro atoms. The number of hydrogen-bond donors (Lipinski definition) is 1. The van der Waals surface area contributed by atoms with E-state index in [9.17, 15) is 5.11 Å². The lowest BCUT2D eigenvalue weighted by Gasteiger charge is -2.12. The van der Waals surface area contributed by atoms with E-state index in [0.29, 0.717) is 12.0 Å². The fourth-order valence-corrected chi connectivity index (χ4v) is 2.88. The van der Waals surface area contributed by atoms with E-state index in [1.807, 2.05) is 6.92 Å². The maximum Gasteiger partial charge on any atom is 0.0627 e. The monoisotopic (exact) mass is 236 g/mol. The Labute approximate surface area is 104 Å². The van der Waals surface area contributed by atoms with Crippen LogP contribution in [-0.2, 0) is 6.42 Å². The molecule has 0 bridgehead atoms. The minimum atomic E-state index is -0.207. The second kappa shape index (κ2) is 5.67. The van der Waals surface area contributed by atoms with Crippen LogP contribution in [0, 0.1) is 5.92 Å². The summed E-state index contributed by atoms with van der Waals surface area (Å²) in [6.07, 6.45) is 9.01. The van der Waals surface area contributed by atoms with Crippen LogP contribution in [-0.4, -0.2) is 21.0 Å². The molecular formula is C14H24N2O. The molecule has 0 saturated heterocycles. The van der Waals surface area contributed by atoms with Gasteiger partial charge in [-0.05, 0) is 44.6 Å². The lowest BCUT2D eigenvalue weighted by molar-refractivity contribution is 0.164. The number of nitrogens with zero attached hydrogens (tertiary/aromatic N) is 2. The quantitative estimate of drug-likeness (QED) is 0.853. The fourth-order valence-electron chi connectivity index (χ4n) is 2.88. The number of aliphatic hydroxyl groups excluding tert-OH is 1. The summed E-state index contributed by atoms with van der Waals surface area (Å²) >= 11 is 0. The molecule has 1 aromatic heterocycles. The smallest absolute Gasteiger partial charge is 0.0627 e. The molecule has 1 aliphatic rings. The summed E-state index contributed by atoms with van der Waals surface area (Å²) in [5.74, 6) is 0.502. The Morgan fingerprint density at radius 3 is 2.76 bits per heavy atom. The fraction of sp³-hybridized carbons (Fsp3) is 0.786. The van der Waals surface area contributed by atoms with Gasteiger partial charge in [-0.1, -0.05) is 19.8 Å². The molecule has 0 aliphatic heterocycles. The zero-order chi connectivity index (χ0) is 12.3. The van der Waals surface area contributed by atoms with E-state index in [1.165, 1.54) is 31.4 Å². The molecule has 96 valence electrons. The Kier molecular flexibility index (Phi) is 4.21. The van der Waals surface area contributed by atoms with E-state index < -0.39 is 0 Å². The Morgan fingerprint density at radius 2 is 2.12 bits per heavy atom. The van der Waals surface area contributed by atoms with Crippen molar-refractivity contribution in [2.45, 2.75) is 64.5 Å². The van der Waals surface area contributed by atoms with Crippen LogP contribution in [0.25, 0.3) is 0 Å². The van der Waals surface area contributed by atoms with Gasteiger partial charge in [0.1, 0.15) is 0 Å². The van der Waals surface area contributed by atoms with Gasteiger partial charge in [-0.3, -0.25) is 4.68 Å². The van der Waals surface area contributed by atoms with Crippen LogP contribution in [0.5, 0.6) is 0 Å². The first-order valence-electron chi connectivity index (χ1n) is 6.87. The van der Waals surface area contributed by atoms with E-state index in [1.54, 1.807) is 0 Å². The van der Waals surface area contributed by atoms with Crippen LogP contribution in [0.15, 0.2) is 12.3 Å². The third kappa shape index (κ3) is 3.56. The standard InChI is InChI=1S/C14H24N2O/c1-11(9-12(2)17)10-13-7-8-16(15-13)14-5-3-4-6-14/h7-8,11-12,14,17H,3-6,9-10H2,1-2H3. The predicted molar refractivity (Wildman–Crippen MR) is 68.9 cm³/mol. The minimum absolute atomic E-state index is 0.207. The lowest BCUT2D eigenvalue weighted by Crippen LogP contribution is -2.11. The van der Waals surface area contributed by atoms with Crippen molar-refractivity contribution in [2.75, 3.05) is 0 Å². The molecule has 17 heavy (non-hydrogen) atoms. The largest absolute Gasteiger partial charge is 0.393 e. The second-order valence-corrected chi connectivity index (χ2v) is 5.62. The van der Waals surface area contributed by atoms with Crippen LogP contribution in [0.2, 0.25) is 0 Å². The Morgan fingerprint density at radius 1 is 1.41 bits per heavy atom. The van der Waals surface area contributed by atoms with Crippen molar-refractivity contribution in [1.82, 2.24) is 9.78 Å². The molecule has 1 saturated carbocycles. The van der Waals surface area contributed by atoms with Gasteiger partial charge in [0.15, 0.2) is 0 Å². The van der Waals surface area contributed by atoms with Crippen molar-refractivity contribution < 1.29 is 5.11 Å². The first-order chi connectivity index (χ1) is 8.15. The van der Waals surface area contributed by atoms with Gasteiger partial charge < -0.3 is 5.11 Å². The highest BCUT2D eigenvalue weighted by atomic mass is 16.3. The minimum Gasteiger partial charge on any atom is -0.393 e. The van der Waals surface area contributed by atoms with Crippen LogP contribution >= 0.6 is 0 Å². The topological polar surface area (TPSA) is 38.0 Å². The predicted octanol–water partition coefficient (Wildman–Crippen LogP) is 2.95. The molecule has 0 aromatic carbocycles. The second-order valence-electron chi connectivity index (χ2n) is 5.62. The molecule has 0 radical (unpaired) electrons. The average Bonchev–Trinajstić information content (AvgIpc) is 2.84. The summed E-state index contributed by atoms with van der Waals surface area (Å²) in [5, 5.41) is 14.0. The van der Waals surface area contributed by atoms with Gasteiger partial charge >= 0.3 is 0 Å². The van der Waals surface area contributed by atoms with Crippen LogP contribution in [0.1, 0.15) is 57.7 Å². The van der Waals surface area contributed by atoms with Gasteiger partial charge in [0, 0.05) is 6.20 Å². The molecular weight excluding hydrogens is 212 g/mol. The van der Waals surface area contributed by atoms with Crippen molar-refractivity contribution in [3.63, 3.8) is 0 Å². The van der Waals surface area contributed by atoms with E-state index in [4.69, 9.17) is 0 Å². The number of hydrogen-bond acceptors (Lipinski definition) is 2. The third-order valence-corrected chi connectivity index (χ3v) is 3.66. The van der Waals surface area contributed by atoms with Crippen molar-refractivity contribution in [2.24, 2.45) is 5.92 Å². The summed E-state index contributed by atoms with van der Waals surface area (Å²) in [6.45, 7) is 4.04. The van der Waals surface area contributed by atoms with Gasteiger partial charge in [0.2, 0.25) is 0 Å². The number of aliphatic hydroxyl groups is 1. The van der Waals surface area contributed by atoms with Gasteiger partial charge in [0.05, 0.1) is 17.8 Å². The van der Waals surface area contributed by atoms with Crippen molar-refractivity contribution >= 4 is 0 Å². The normalized spacial score (nSPS) is 20.6. The molecule has 2 rings (SSSR count). The van der Waals surface area contributed by atoms with Gasteiger partial charge in [-0.2, -0.15) is 5.10 Å². The van der Waals surface area contributed by atoms with Crippen LogP contribution in [0.4, 0.5) is 0 Å². The maximum atomic E-state index is 9.35. The zero-order valence-electron chi connectivity index (χ0n) is 11.0. The summed E-state index contributed by atoms with van der Waals surface area (Å²) in [4.78, 5) is 0. The summed E-state index contributed by atoms with van der Waals surface area (Å²) < 4.78 is 2.15. The molecule has 3 nitrogen and oxygen atoms in total. The Hall–Kier alpha value is -0.830. The first kappa shape index (κ1) is 12.6.